The number of halogens is 2. The highest BCUT2D eigenvalue weighted by molar-refractivity contribution is 7.91. The summed E-state index contributed by atoms with van der Waals surface area (Å²) < 4.78 is 47.6. The topological polar surface area (TPSA) is 86.2 Å². The molecular weight excluding hydrogens is 434 g/mol. The summed E-state index contributed by atoms with van der Waals surface area (Å²) in [6.07, 6.45) is 4.28. The van der Waals surface area contributed by atoms with Gasteiger partial charge in [-0.25, -0.2) is 22.8 Å². The lowest BCUT2D eigenvalue weighted by molar-refractivity contribution is -0.0102. The molecular formula is C23H28F2N4O2S. The molecule has 0 spiro atoms. The van der Waals surface area contributed by atoms with Crippen LogP contribution in [0.3, 0.4) is 0 Å². The molecule has 2 aromatic rings. The summed E-state index contributed by atoms with van der Waals surface area (Å²) in [5.74, 6) is -2.78. The summed E-state index contributed by atoms with van der Waals surface area (Å²) in [6.45, 7) is 4.21. The van der Waals surface area contributed by atoms with Crippen LogP contribution in [0.15, 0.2) is 53.9 Å². The van der Waals surface area contributed by atoms with Crippen LogP contribution in [0.1, 0.15) is 41.7 Å². The van der Waals surface area contributed by atoms with E-state index in [1.165, 1.54) is 12.3 Å². The van der Waals surface area contributed by atoms with E-state index in [1.807, 2.05) is 0 Å². The number of rotatable bonds is 7. The Kier molecular flexibility index (Phi) is 7.28. The molecule has 1 fully saturated rings. The molecule has 1 aliphatic rings. The second-order valence-electron chi connectivity index (χ2n) is 8.02. The van der Waals surface area contributed by atoms with Gasteiger partial charge in [0.25, 0.3) is 5.91 Å². The van der Waals surface area contributed by atoms with Crippen molar-refractivity contribution in [1.82, 2.24) is 4.98 Å². The molecule has 3 rings (SSSR count). The monoisotopic (exact) mass is 462 g/mol. The minimum Gasteiger partial charge on any atom is -0.356 e. The van der Waals surface area contributed by atoms with Crippen molar-refractivity contribution < 1.29 is 17.8 Å². The van der Waals surface area contributed by atoms with Gasteiger partial charge in [-0.2, -0.15) is 0 Å². The summed E-state index contributed by atoms with van der Waals surface area (Å²) in [5, 5.41) is 2.77. The predicted molar refractivity (Wildman–Crippen MR) is 123 cm³/mol. The second-order valence-corrected chi connectivity index (χ2v) is 10.2. The number of hydrogen-bond donors (Lipinski definition) is 2. The lowest BCUT2D eigenvalue weighted by atomic mass is 10.1. The highest BCUT2D eigenvalue weighted by Crippen LogP contribution is 2.31. The highest BCUT2D eigenvalue weighted by atomic mass is 32.2. The minimum absolute atomic E-state index is 0.109. The Balaban J connectivity index is 1.92. The predicted octanol–water partition coefficient (Wildman–Crippen LogP) is 5.11. The molecule has 32 heavy (non-hydrogen) atoms. The molecule has 1 aliphatic heterocycles. The summed E-state index contributed by atoms with van der Waals surface area (Å²) >= 11 is 0. The third-order valence-electron chi connectivity index (χ3n) is 5.34. The van der Waals surface area contributed by atoms with Crippen molar-refractivity contribution >= 4 is 27.1 Å². The number of anilines is 2. The number of alkyl halides is 2. The van der Waals surface area contributed by atoms with Crippen molar-refractivity contribution in [2.24, 2.45) is 0 Å². The highest BCUT2D eigenvalue weighted by Gasteiger charge is 2.33. The first-order chi connectivity index (χ1) is 15.1. The zero-order valence-electron chi connectivity index (χ0n) is 18.1. The van der Waals surface area contributed by atoms with Crippen LogP contribution in [0.25, 0.3) is 0 Å². The van der Waals surface area contributed by atoms with Gasteiger partial charge >= 0.3 is 0 Å². The fourth-order valence-corrected chi connectivity index (χ4v) is 4.28. The number of aryl methyl sites for hydroxylation is 1. The zero-order valence-corrected chi connectivity index (χ0v) is 18.9. The Morgan fingerprint density at radius 3 is 2.81 bits per heavy atom. The van der Waals surface area contributed by atoms with Gasteiger partial charge in [0, 0.05) is 48.5 Å². The number of pyridine rings is 1. The van der Waals surface area contributed by atoms with Crippen LogP contribution in [0, 0.1) is 4.78 Å². The van der Waals surface area contributed by atoms with Crippen LogP contribution >= 0.6 is 0 Å². The number of hydrogen-bond acceptors (Lipinski definition) is 5. The molecule has 1 amide bonds. The average Bonchev–Trinajstić information content (AvgIpc) is 2.92. The van der Waals surface area contributed by atoms with Crippen LogP contribution < -0.4 is 10.2 Å². The van der Waals surface area contributed by atoms with Gasteiger partial charge in [0.05, 0.1) is 15.3 Å². The Bertz CT molecular complexity index is 1100. The van der Waals surface area contributed by atoms with Crippen LogP contribution in [0.5, 0.6) is 0 Å². The zero-order chi connectivity index (χ0) is 23.4. The first kappa shape index (κ1) is 23.8. The summed E-state index contributed by atoms with van der Waals surface area (Å²) in [4.78, 5) is 19.8. The van der Waals surface area contributed by atoms with E-state index in [9.17, 15) is 17.8 Å². The molecule has 172 valence electrons. The van der Waals surface area contributed by atoms with Crippen molar-refractivity contribution in [3.05, 3.63) is 60.3 Å². The molecule has 2 heterocycles. The molecule has 0 saturated carbocycles. The molecule has 1 saturated heterocycles. The second kappa shape index (κ2) is 9.77. The van der Waals surface area contributed by atoms with Gasteiger partial charge in [0.2, 0.25) is 5.92 Å². The van der Waals surface area contributed by atoms with E-state index >= 15 is 0 Å². The van der Waals surface area contributed by atoms with Crippen LogP contribution in [-0.4, -0.2) is 40.4 Å². The number of nitrogens with one attached hydrogen (secondary N) is 2. The number of allylic oxidation sites excluding steroid dienone is 1. The molecule has 0 unspecified atom stereocenters. The Morgan fingerprint density at radius 1 is 1.31 bits per heavy atom. The largest absolute Gasteiger partial charge is 0.356 e. The summed E-state index contributed by atoms with van der Waals surface area (Å²) in [5.41, 5.74) is 1.44. The minimum atomic E-state index is -2.93. The third-order valence-corrected chi connectivity index (χ3v) is 6.49. The van der Waals surface area contributed by atoms with Crippen LogP contribution in [-0.2, 0) is 16.1 Å². The number of carbonyl (C=O) groups excluding carboxylic acids is 1. The van der Waals surface area contributed by atoms with Crippen molar-refractivity contribution in [3.63, 3.8) is 0 Å². The van der Waals surface area contributed by atoms with Crippen molar-refractivity contribution in [1.29, 1.82) is 4.78 Å². The van der Waals surface area contributed by atoms with E-state index in [2.05, 4.69) is 16.9 Å². The van der Waals surface area contributed by atoms with Gasteiger partial charge in [0.15, 0.2) is 0 Å². The van der Waals surface area contributed by atoms with Crippen LogP contribution in [0.4, 0.5) is 20.3 Å². The third kappa shape index (κ3) is 6.12. The fourth-order valence-electron chi connectivity index (χ4n) is 3.59. The van der Waals surface area contributed by atoms with Crippen LogP contribution in [0.2, 0.25) is 0 Å². The van der Waals surface area contributed by atoms with Gasteiger partial charge in [-0.1, -0.05) is 12.1 Å². The lowest BCUT2D eigenvalue weighted by Gasteiger charge is -2.24. The summed E-state index contributed by atoms with van der Waals surface area (Å²) in [7, 11) is -2.93. The molecule has 9 heteroatoms. The van der Waals surface area contributed by atoms with Gasteiger partial charge in [0.1, 0.15) is 5.82 Å². The standard InChI is InChI=1S/C23H28F2N4O2S/c1-3-4-7-17-10-11-20(21(27-17)29-14-6-12-23(24,25)13-15-29)22(30)28-18-8-5-9-19(16-18)32(2,26)31/h3,5,8-11,16,26H,1,4,6-7,12-15H2,2H3,(H,28,30)/t32-/m1/s1. The number of amides is 1. The average molecular weight is 463 g/mol. The maximum absolute atomic E-state index is 13.9. The maximum atomic E-state index is 13.9. The molecule has 1 aromatic carbocycles. The van der Waals surface area contributed by atoms with Crippen molar-refractivity contribution in [2.45, 2.75) is 42.9 Å². The van der Waals surface area contributed by atoms with Gasteiger partial charge in [-0.3, -0.25) is 4.79 Å². The van der Waals surface area contributed by atoms with E-state index in [0.29, 0.717) is 42.2 Å². The van der Waals surface area contributed by atoms with Crippen molar-refractivity contribution in [3.8, 4) is 0 Å². The van der Waals surface area contributed by atoms with E-state index in [1.54, 1.807) is 41.3 Å². The van der Waals surface area contributed by atoms with Gasteiger partial charge < -0.3 is 10.2 Å². The number of carbonyl (C=O) groups is 1. The maximum Gasteiger partial charge on any atom is 0.259 e. The molecule has 0 bridgehead atoms. The number of nitrogens with zero attached hydrogens (tertiary/aromatic N) is 2. The smallest absolute Gasteiger partial charge is 0.259 e. The Labute approximate surface area is 187 Å². The quantitative estimate of drug-likeness (QED) is 0.560. The molecule has 1 aromatic heterocycles. The van der Waals surface area contributed by atoms with E-state index in [0.717, 1.165) is 5.69 Å². The van der Waals surface area contributed by atoms with Crippen molar-refractivity contribution in [2.75, 3.05) is 29.6 Å². The van der Waals surface area contributed by atoms with E-state index in [-0.39, 0.29) is 24.9 Å². The van der Waals surface area contributed by atoms with Gasteiger partial charge in [-0.15, -0.1) is 6.58 Å². The molecule has 2 N–H and O–H groups in total. The summed E-state index contributed by atoms with van der Waals surface area (Å²) in [6, 6.07) is 9.76. The number of aromatic nitrogens is 1. The van der Waals surface area contributed by atoms with E-state index < -0.39 is 21.6 Å². The van der Waals surface area contributed by atoms with E-state index in [4.69, 9.17) is 4.78 Å². The SMILES string of the molecule is C=CCCc1ccc(C(=O)Nc2cccc([S@](C)(=N)=O)c2)c(N2CCCC(F)(F)CC2)n1. The molecule has 1 atom stereocenters. The van der Waals surface area contributed by atoms with Gasteiger partial charge in [-0.05, 0) is 49.6 Å². The Hall–Kier alpha value is -2.81. The molecule has 6 nitrogen and oxygen atoms in total. The molecule has 0 radical (unpaired) electrons. The number of benzene rings is 1. The first-order valence-corrected chi connectivity index (χ1v) is 12.4. The first-order valence-electron chi connectivity index (χ1n) is 10.5. The fraction of sp³-hybridized carbons (Fsp3) is 0.391. The Morgan fingerprint density at radius 2 is 2.09 bits per heavy atom. The lowest BCUT2D eigenvalue weighted by Crippen LogP contribution is -2.29. The normalized spacial score (nSPS) is 17.8. The molecule has 0 aliphatic carbocycles.